The summed E-state index contributed by atoms with van der Waals surface area (Å²) in [6, 6.07) is -0.796. The van der Waals surface area contributed by atoms with Crippen molar-refractivity contribution in [1.82, 2.24) is 25.4 Å². The smallest absolute Gasteiger partial charge is 0.313 e. The molecule has 3 aliphatic rings. The zero-order valence-electron chi connectivity index (χ0n) is 18.3. The van der Waals surface area contributed by atoms with Crippen molar-refractivity contribution in [2.75, 3.05) is 35.3 Å². The first-order chi connectivity index (χ1) is 16.9. The van der Waals surface area contributed by atoms with Crippen LogP contribution in [0.2, 0.25) is 0 Å². The van der Waals surface area contributed by atoms with Gasteiger partial charge < -0.3 is 25.9 Å². The van der Waals surface area contributed by atoms with Gasteiger partial charge in [0.1, 0.15) is 34.1 Å². The van der Waals surface area contributed by atoms with E-state index < -0.39 is 23.3 Å². The summed E-state index contributed by atoms with van der Waals surface area (Å²) < 4.78 is 0.676. The minimum Gasteiger partial charge on any atom is -0.481 e. The molecule has 3 saturated heterocycles. The van der Waals surface area contributed by atoms with E-state index in [0.29, 0.717) is 10.1 Å². The Morgan fingerprint density at radius 3 is 2.81 bits per heavy atom. The number of β-lactam (4-membered cyclic amide) rings is 1. The fourth-order valence-corrected chi connectivity index (χ4v) is 7.99. The normalized spacial score (nSPS) is 25.7. The van der Waals surface area contributed by atoms with E-state index in [1.165, 1.54) is 51.1 Å². The predicted molar refractivity (Wildman–Crippen MR) is 143 cm³/mol. The fraction of sp³-hybridized carbons (Fsp3) is 0.500. The number of thiazole rings is 1. The van der Waals surface area contributed by atoms with E-state index in [2.05, 4.69) is 25.7 Å². The number of halogens is 1. The second-order valence-electron chi connectivity index (χ2n) is 7.97. The van der Waals surface area contributed by atoms with E-state index in [0.717, 1.165) is 11.5 Å². The predicted octanol–water partition coefficient (Wildman–Crippen LogP) is 1.10. The first kappa shape index (κ1) is 27.3. The highest BCUT2D eigenvalue weighted by atomic mass is 35.5. The Labute approximate surface area is 232 Å². The lowest BCUT2D eigenvalue weighted by atomic mass is 9.89. The van der Waals surface area contributed by atoms with Crippen LogP contribution in [0.3, 0.4) is 0 Å². The van der Waals surface area contributed by atoms with Gasteiger partial charge in [-0.3, -0.25) is 14.4 Å². The summed E-state index contributed by atoms with van der Waals surface area (Å²) in [6.45, 7) is 0.0586. The number of amides is 2. The minimum absolute atomic E-state index is 0. The highest BCUT2D eigenvalue weighted by molar-refractivity contribution is 8.01. The highest BCUT2D eigenvalue weighted by Crippen LogP contribution is 2.44. The summed E-state index contributed by atoms with van der Waals surface area (Å²) in [5.41, 5.74) is 6.41. The van der Waals surface area contributed by atoms with Crippen LogP contribution >= 0.6 is 70.4 Å². The third kappa shape index (κ3) is 5.40. The zero-order chi connectivity index (χ0) is 24.6. The number of carbonyl (C=O) groups excluding carboxylic acids is 2. The fourth-order valence-electron chi connectivity index (χ4n) is 3.54. The molecule has 3 aliphatic heterocycles. The Kier molecular flexibility index (Phi) is 8.56. The number of nitrogen functional groups attached to an aromatic ring is 1. The lowest BCUT2D eigenvalue weighted by molar-refractivity contribution is -0.157. The van der Waals surface area contributed by atoms with Crippen LogP contribution in [0.5, 0.6) is 0 Å². The summed E-state index contributed by atoms with van der Waals surface area (Å²) in [6.07, 6.45) is -0.0734. The Bertz CT molecular complexity index is 1160. The molecule has 0 aliphatic carbocycles. The van der Waals surface area contributed by atoms with E-state index in [-0.39, 0.29) is 58.6 Å². The molecule has 0 spiro atoms. The molecule has 5 rings (SSSR count). The average Bonchev–Trinajstić information content (AvgIpc) is 3.49. The molecule has 194 valence electrons. The maximum Gasteiger partial charge on any atom is 0.313 e. The van der Waals surface area contributed by atoms with E-state index in [1.807, 2.05) is 0 Å². The second kappa shape index (κ2) is 11.3. The monoisotopic (exact) mass is 609 g/mol. The molecule has 0 saturated carbocycles. The van der Waals surface area contributed by atoms with Gasteiger partial charge in [-0.25, -0.2) is 4.98 Å². The molecular weight excluding hydrogens is 590 g/mol. The van der Waals surface area contributed by atoms with Gasteiger partial charge in [-0.05, 0) is 0 Å². The van der Waals surface area contributed by atoms with Crippen molar-refractivity contribution in [3.8, 4) is 0 Å². The van der Waals surface area contributed by atoms with Crippen LogP contribution in [-0.2, 0) is 19.2 Å². The largest absolute Gasteiger partial charge is 0.481 e. The third-order valence-corrected chi connectivity index (χ3v) is 11.2. The molecule has 18 heteroatoms. The SMILES string of the molecule is Cl.Nc1nc(C(=NOC2CSC2)C(=O)NC2C(=O)N3CC(CSc4nncs4)(C(=O)O)CS[C@H]23)cs1. The Hall–Kier alpha value is -1.79. The number of nitrogens with two attached hydrogens (primary N) is 1. The molecule has 0 bridgehead atoms. The van der Waals surface area contributed by atoms with Crippen molar-refractivity contribution >= 4 is 99.0 Å². The van der Waals surface area contributed by atoms with Gasteiger partial charge in [0, 0.05) is 34.9 Å². The lowest BCUT2D eigenvalue weighted by Crippen LogP contribution is -2.74. The number of rotatable bonds is 9. The quantitative estimate of drug-likeness (QED) is 0.160. The van der Waals surface area contributed by atoms with Crippen molar-refractivity contribution in [3.63, 3.8) is 0 Å². The van der Waals surface area contributed by atoms with Gasteiger partial charge in [0.15, 0.2) is 15.2 Å². The number of hydrogen-bond acceptors (Lipinski definition) is 14. The highest BCUT2D eigenvalue weighted by Gasteiger charge is 2.57. The number of nitrogens with zero attached hydrogens (tertiary/aromatic N) is 5. The first-order valence-corrected chi connectivity index (χ1v) is 15.2. The summed E-state index contributed by atoms with van der Waals surface area (Å²) in [4.78, 5) is 49.3. The van der Waals surface area contributed by atoms with Crippen LogP contribution in [0.15, 0.2) is 20.4 Å². The van der Waals surface area contributed by atoms with Gasteiger partial charge in [-0.2, -0.15) is 11.8 Å². The molecule has 5 heterocycles. The van der Waals surface area contributed by atoms with Crippen LogP contribution in [0, 0.1) is 5.41 Å². The van der Waals surface area contributed by atoms with Crippen LogP contribution in [0.25, 0.3) is 0 Å². The molecule has 0 aromatic carbocycles. The number of hydrogen-bond donors (Lipinski definition) is 3. The summed E-state index contributed by atoms with van der Waals surface area (Å²) in [5.74, 6) is 0.225. The van der Waals surface area contributed by atoms with Gasteiger partial charge in [-0.1, -0.05) is 28.3 Å². The number of carboxylic acids is 1. The molecule has 36 heavy (non-hydrogen) atoms. The number of carboxylic acid groups (broad SMARTS) is 1. The lowest BCUT2D eigenvalue weighted by Gasteiger charge is -2.53. The Morgan fingerprint density at radius 2 is 2.19 bits per heavy atom. The molecule has 2 aromatic rings. The molecule has 2 unspecified atom stereocenters. The topological polar surface area (TPSA) is 173 Å². The van der Waals surface area contributed by atoms with E-state index >= 15 is 0 Å². The Balaban J connectivity index is 0.00000304. The number of fused-ring (bicyclic) bond motifs is 1. The average molecular weight is 610 g/mol. The summed E-state index contributed by atoms with van der Waals surface area (Å²) in [7, 11) is 0. The standard InChI is InChI=1S/C18H19N7O5S5.ClH/c19-16-21-9(3-32-16)10(24-30-8-1-31-2-8)12(26)22-11-13(27)25-4-18(15(28)29,5-33-14(11)25)6-34-17-23-20-7-35-17;/h3,7-8,11,14H,1-2,4-6H2,(H2,19,21)(H,22,26)(H,28,29);1H/t11?,14-,18?;/m1./s1. The van der Waals surface area contributed by atoms with E-state index in [1.54, 1.807) is 22.7 Å². The van der Waals surface area contributed by atoms with Crippen molar-refractivity contribution in [2.24, 2.45) is 10.6 Å². The van der Waals surface area contributed by atoms with Gasteiger partial charge in [0.2, 0.25) is 5.91 Å². The number of oxime groups is 1. The summed E-state index contributed by atoms with van der Waals surface area (Å²) >= 11 is 6.87. The number of anilines is 1. The number of aliphatic carboxylic acids is 1. The maximum absolute atomic E-state index is 13.1. The van der Waals surface area contributed by atoms with Crippen LogP contribution in [0.4, 0.5) is 5.13 Å². The Morgan fingerprint density at radius 1 is 1.39 bits per heavy atom. The molecule has 3 atom stereocenters. The third-order valence-electron chi connectivity index (χ3n) is 5.58. The summed E-state index contributed by atoms with van der Waals surface area (Å²) in [5, 5.41) is 25.9. The molecular formula is C18H20ClN7O5S5. The number of aromatic nitrogens is 3. The number of carbonyl (C=O) groups is 3. The minimum atomic E-state index is -1.12. The maximum atomic E-state index is 13.1. The second-order valence-corrected chi connectivity index (χ2v) is 13.1. The van der Waals surface area contributed by atoms with Crippen molar-refractivity contribution < 1.29 is 24.3 Å². The van der Waals surface area contributed by atoms with Crippen LogP contribution < -0.4 is 11.1 Å². The molecule has 12 nitrogen and oxygen atoms in total. The molecule has 0 radical (unpaired) electrons. The van der Waals surface area contributed by atoms with Crippen molar-refractivity contribution in [1.29, 1.82) is 0 Å². The first-order valence-electron chi connectivity index (χ1n) is 10.2. The zero-order valence-corrected chi connectivity index (χ0v) is 23.2. The molecule has 2 aromatic heterocycles. The number of thioether (sulfide) groups is 3. The number of nitrogens with one attached hydrogen (secondary N) is 1. The van der Waals surface area contributed by atoms with Crippen LogP contribution in [0.1, 0.15) is 5.69 Å². The van der Waals surface area contributed by atoms with Gasteiger partial charge in [0.05, 0.1) is 0 Å². The van der Waals surface area contributed by atoms with Crippen LogP contribution in [-0.4, -0.2) is 95.8 Å². The molecule has 2 amide bonds. The van der Waals surface area contributed by atoms with E-state index in [4.69, 9.17) is 10.6 Å². The van der Waals surface area contributed by atoms with Gasteiger partial charge in [0.25, 0.3) is 5.91 Å². The molecule has 3 fully saturated rings. The molecule has 4 N–H and O–H groups in total. The van der Waals surface area contributed by atoms with Crippen molar-refractivity contribution in [3.05, 3.63) is 16.6 Å². The van der Waals surface area contributed by atoms with Gasteiger partial charge >= 0.3 is 5.97 Å². The van der Waals surface area contributed by atoms with Gasteiger partial charge in [-0.15, -0.1) is 45.7 Å². The van der Waals surface area contributed by atoms with E-state index in [9.17, 15) is 19.5 Å². The van der Waals surface area contributed by atoms with Crippen molar-refractivity contribution in [2.45, 2.75) is 21.9 Å².